The standard InChI is InChI=1S/C31H31Cl3N8O/c1-5-25(43)41-12-10-19(13-18(41)9-11-35)42-30-22-14-24(33)26(21-7-6-8-23(32)17(21)2)27(34)28(22)36-31(29(30)37-38-42)40-15-20(16-40)39(3)4/h5-8,14,18-20H,1,9-10,12-13,15-16H2,2-4H3/t18-,19+/m1/s1. The first-order valence-corrected chi connectivity index (χ1v) is 15.3. The van der Waals surface area contributed by atoms with Gasteiger partial charge in [0, 0.05) is 47.7 Å². The van der Waals surface area contributed by atoms with E-state index < -0.39 is 0 Å². The Hall–Kier alpha value is -3.42. The number of likely N-dealkylation sites (N-methyl/N-ethyl adjacent to an activating group) is 1. The molecule has 0 N–H and O–H groups in total. The van der Waals surface area contributed by atoms with Crippen molar-refractivity contribution in [2.75, 3.05) is 38.6 Å². The van der Waals surface area contributed by atoms with Gasteiger partial charge in [0.05, 0.1) is 34.1 Å². The van der Waals surface area contributed by atoms with Crippen molar-refractivity contribution in [2.45, 2.75) is 44.3 Å². The van der Waals surface area contributed by atoms with Crippen LogP contribution in [-0.4, -0.2) is 81.5 Å². The van der Waals surface area contributed by atoms with Crippen LogP contribution in [0.15, 0.2) is 36.9 Å². The fraction of sp³-hybridized carbons (Fsp3) is 0.387. The van der Waals surface area contributed by atoms with Crippen molar-refractivity contribution in [1.29, 1.82) is 5.26 Å². The lowest BCUT2D eigenvalue weighted by atomic mass is 9.94. The predicted molar refractivity (Wildman–Crippen MR) is 172 cm³/mol. The number of hydrogen-bond donors (Lipinski definition) is 0. The molecule has 222 valence electrons. The summed E-state index contributed by atoms with van der Waals surface area (Å²) in [6.07, 6.45) is 2.72. The minimum Gasteiger partial charge on any atom is -0.351 e. The van der Waals surface area contributed by atoms with E-state index >= 15 is 0 Å². The number of aromatic nitrogens is 4. The fourth-order valence-electron chi connectivity index (χ4n) is 6.27. The zero-order valence-corrected chi connectivity index (χ0v) is 26.5. The van der Waals surface area contributed by atoms with Gasteiger partial charge in [-0.2, -0.15) is 5.26 Å². The lowest BCUT2D eigenvalue weighted by Gasteiger charge is -2.43. The molecule has 0 saturated carbocycles. The van der Waals surface area contributed by atoms with E-state index in [-0.39, 0.29) is 24.4 Å². The van der Waals surface area contributed by atoms with E-state index in [9.17, 15) is 10.1 Å². The highest BCUT2D eigenvalue weighted by atomic mass is 35.5. The Balaban J connectivity index is 1.55. The van der Waals surface area contributed by atoms with E-state index in [1.54, 1.807) is 4.90 Å². The normalized spacial score (nSPS) is 19.2. The molecule has 0 bridgehead atoms. The number of fused-ring (bicyclic) bond motifs is 3. The van der Waals surface area contributed by atoms with E-state index in [1.165, 1.54) is 6.08 Å². The summed E-state index contributed by atoms with van der Waals surface area (Å²) in [6, 6.07) is 9.83. The van der Waals surface area contributed by atoms with E-state index in [2.05, 4.69) is 46.9 Å². The van der Waals surface area contributed by atoms with Gasteiger partial charge in [0.2, 0.25) is 5.91 Å². The number of nitrogens with zero attached hydrogens (tertiary/aromatic N) is 8. The quantitative estimate of drug-likeness (QED) is 0.229. The maximum absolute atomic E-state index is 12.5. The summed E-state index contributed by atoms with van der Waals surface area (Å²) in [5.41, 5.74) is 4.46. The van der Waals surface area contributed by atoms with Gasteiger partial charge in [0.1, 0.15) is 5.52 Å². The Morgan fingerprint density at radius 3 is 2.67 bits per heavy atom. The second-order valence-corrected chi connectivity index (χ2v) is 12.7. The highest BCUT2D eigenvalue weighted by Crippen LogP contribution is 2.45. The molecule has 12 heteroatoms. The van der Waals surface area contributed by atoms with Gasteiger partial charge in [0.15, 0.2) is 11.3 Å². The maximum atomic E-state index is 12.5. The van der Waals surface area contributed by atoms with Crippen molar-refractivity contribution in [3.8, 4) is 17.2 Å². The van der Waals surface area contributed by atoms with Gasteiger partial charge in [-0.1, -0.05) is 58.7 Å². The molecule has 4 aromatic rings. The Labute approximate surface area is 265 Å². The molecule has 0 spiro atoms. The predicted octanol–water partition coefficient (Wildman–Crippen LogP) is 6.30. The van der Waals surface area contributed by atoms with Crippen molar-refractivity contribution in [3.05, 3.63) is 57.6 Å². The third-order valence-corrected chi connectivity index (χ3v) is 9.89. The molecule has 2 aliphatic heterocycles. The first-order chi connectivity index (χ1) is 20.6. The van der Waals surface area contributed by atoms with Gasteiger partial charge in [-0.05, 0) is 63.2 Å². The Morgan fingerprint density at radius 1 is 1.21 bits per heavy atom. The minimum absolute atomic E-state index is 0.103. The van der Waals surface area contributed by atoms with Crippen molar-refractivity contribution < 1.29 is 4.79 Å². The lowest BCUT2D eigenvalue weighted by molar-refractivity contribution is -0.130. The second-order valence-electron chi connectivity index (χ2n) is 11.5. The molecule has 43 heavy (non-hydrogen) atoms. The maximum Gasteiger partial charge on any atom is 0.246 e. The Bertz CT molecular complexity index is 1810. The van der Waals surface area contributed by atoms with Crippen LogP contribution >= 0.6 is 34.8 Å². The van der Waals surface area contributed by atoms with Crippen molar-refractivity contribution in [2.24, 2.45) is 0 Å². The van der Waals surface area contributed by atoms with Crippen molar-refractivity contribution >= 4 is 68.5 Å². The molecule has 2 fully saturated rings. The van der Waals surface area contributed by atoms with Crippen LogP contribution in [0.25, 0.3) is 33.1 Å². The number of carbonyl (C=O) groups excluding carboxylic acids is 1. The molecule has 2 aromatic carbocycles. The van der Waals surface area contributed by atoms with Gasteiger partial charge in [-0.15, -0.1) is 5.10 Å². The third-order valence-electron chi connectivity index (χ3n) is 8.82. The largest absolute Gasteiger partial charge is 0.351 e. The summed E-state index contributed by atoms with van der Waals surface area (Å²) in [4.78, 5) is 23.8. The van der Waals surface area contributed by atoms with Crippen LogP contribution in [0.2, 0.25) is 15.1 Å². The van der Waals surface area contributed by atoms with Crippen LogP contribution in [0.5, 0.6) is 0 Å². The van der Waals surface area contributed by atoms with E-state index in [0.29, 0.717) is 57.1 Å². The van der Waals surface area contributed by atoms with E-state index in [1.807, 2.05) is 35.9 Å². The van der Waals surface area contributed by atoms with Crippen LogP contribution in [0.1, 0.15) is 30.9 Å². The molecule has 9 nitrogen and oxygen atoms in total. The summed E-state index contributed by atoms with van der Waals surface area (Å²) in [5, 5.41) is 21.1. The van der Waals surface area contributed by atoms with Crippen molar-refractivity contribution in [3.63, 3.8) is 0 Å². The second kappa shape index (κ2) is 11.6. The van der Waals surface area contributed by atoms with Crippen LogP contribution in [0.3, 0.4) is 0 Å². The number of nitriles is 1. The molecule has 4 heterocycles. The number of halogens is 3. The topological polar surface area (TPSA) is 94.2 Å². The van der Waals surface area contributed by atoms with Gasteiger partial charge < -0.3 is 14.7 Å². The number of hydrogen-bond acceptors (Lipinski definition) is 7. The van der Waals surface area contributed by atoms with Gasteiger partial charge in [-0.25, -0.2) is 9.67 Å². The number of rotatable bonds is 6. The van der Waals surface area contributed by atoms with Gasteiger partial charge in [0.25, 0.3) is 0 Å². The van der Waals surface area contributed by atoms with E-state index in [4.69, 9.17) is 39.8 Å². The summed E-state index contributed by atoms with van der Waals surface area (Å²) >= 11 is 20.7. The molecule has 2 atom stereocenters. The monoisotopic (exact) mass is 636 g/mol. The summed E-state index contributed by atoms with van der Waals surface area (Å²) in [6.45, 7) is 7.66. The molecular formula is C31H31Cl3N8O. The summed E-state index contributed by atoms with van der Waals surface area (Å²) in [7, 11) is 4.14. The minimum atomic E-state index is -0.262. The van der Waals surface area contributed by atoms with Crippen molar-refractivity contribution in [1.82, 2.24) is 29.8 Å². The first-order valence-electron chi connectivity index (χ1n) is 14.2. The SMILES string of the molecule is C=CC(=O)N1CC[C@H](n2nnc3c(N4CC(N(C)C)C4)nc4c(Cl)c(-c5cccc(Cl)c5C)c(Cl)cc4c32)C[C@H]1CC#N. The van der Waals surface area contributed by atoms with E-state index in [0.717, 1.165) is 40.9 Å². The number of benzene rings is 2. The van der Waals surface area contributed by atoms with Crippen LogP contribution < -0.4 is 4.90 Å². The highest BCUT2D eigenvalue weighted by molar-refractivity contribution is 6.44. The number of anilines is 1. The van der Waals surface area contributed by atoms with Crippen LogP contribution in [0.4, 0.5) is 5.82 Å². The zero-order chi connectivity index (χ0) is 30.6. The molecule has 6 rings (SSSR count). The smallest absolute Gasteiger partial charge is 0.246 e. The molecule has 2 saturated heterocycles. The fourth-order valence-corrected chi connectivity index (χ4v) is 7.14. The highest BCUT2D eigenvalue weighted by Gasteiger charge is 2.36. The average Bonchev–Trinajstić information content (AvgIpc) is 3.40. The molecule has 0 unspecified atom stereocenters. The molecule has 1 amide bonds. The molecule has 2 aromatic heterocycles. The third kappa shape index (κ3) is 5.00. The zero-order valence-electron chi connectivity index (χ0n) is 24.2. The van der Waals surface area contributed by atoms with Gasteiger partial charge >= 0.3 is 0 Å². The Morgan fingerprint density at radius 2 is 1.98 bits per heavy atom. The molecule has 0 radical (unpaired) electrons. The lowest BCUT2D eigenvalue weighted by Crippen LogP contribution is -2.57. The van der Waals surface area contributed by atoms with Crippen LogP contribution in [-0.2, 0) is 4.79 Å². The Kier molecular flexibility index (Phi) is 7.99. The van der Waals surface area contributed by atoms with Crippen LogP contribution in [0, 0.1) is 18.3 Å². The number of pyridine rings is 1. The first kappa shape index (κ1) is 29.6. The number of amides is 1. The average molecular weight is 638 g/mol. The summed E-state index contributed by atoms with van der Waals surface area (Å²) < 4.78 is 1.92. The molecule has 2 aliphatic rings. The molecule has 0 aliphatic carbocycles. The van der Waals surface area contributed by atoms with Gasteiger partial charge in [-0.3, -0.25) is 4.79 Å². The number of likely N-dealkylation sites (tertiary alicyclic amines) is 1. The number of carbonyl (C=O) groups is 1. The summed E-state index contributed by atoms with van der Waals surface area (Å²) in [5.74, 6) is 0.549. The molecular weight excluding hydrogens is 607 g/mol. The number of piperidine rings is 1.